The Bertz CT molecular complexity index is 375. The van der Waals surface area contributed by atoms with Gasteiger partial charge in [0.1, 0.15) is 18.4 Å². The van der Waals surface area contributed by atoms with E-state index in [2.05, 4.69) is 15.9 Å². The van der Waals surface area contributed by atoms with Gasteiger partial charge in [-0.1, -0.05) is 0 Å². The molecule has 0 radical (unpaired) electrons. The lowest BCUT2D eigenvalue weighted by Gasteiger charge is -2.07. The first-order valence-electron chi connectivity index (χ1n) is 5.43. The van der Waals surface area contributed by atoms with Crippen molar-refractivity contribution in [1.29, 1.82) is 0 Å². The van der Waals surface area contributed by atoms with E-state index in [1.165, 1.54) is 6.07 Å². The van der Waals surface area contributed by atoms with Crippen LogP contribution in [0.25, 0.3) is 0 Å². The second-order valence-electron chi connectivity index (χ2n) is 3.54. The van der Waals surface area contributed by atoms with Gasteiger partial charge >= 0.3 is 0 Å². The summed E-state index contributed by atoms with van der Waals surface area (Å²) in [4.78, 5) is 0. The molecule has 1 aromatic rings. The molecule has 0 fully saturated rings. The first-order chi connectivity index (χ1) is 8.65. The molecule has 1 aromatic carbocycles. The summed E-state index contributed by atoms with van der Waals surface area (Å²) in [6.45, 7) is 1.42. The normalized spacial score (nSPS) is 10.9. The summed E-state index contributed by atoms with van der Waals surface area (Å²) in [6, 6.07) is 2.12. The number of halogens is 3. The third kappa shape index (κ3) is 5.39. The van der Waals surface area contributed by atoms with E-state index in [9.17, 15) is 8.78 Å². The number of benzene rings is 1. The highest BCUT2D eigenvalue weighted by Gasteiger charge is 2.08. The summed E-state index contributed by atoms with van der Waals surface area (Å²) in [5.41, 5.74) is 0.532. The van der Waals surface area contributed by atoms with Crippen LogP contribution >= 0.6 is 15.9 Å². The Labute approximate surface area is 113 Å². The summed E-state index contributed by atoms with van der Waals surface area (Å²) in [7, 11) is 1.58. The fraction of sp³-hybridized carbons (Fsp3) is 0.500. The van der Waals surface area contributed by atoms with Crippen molar-refractivity contribution in [2.45, 2.75) is 6.42 Å². The largest absolute Gasteiger partial charge is 0.382 e. The van der Waals surface area contributed by atoms with Crippen LogP contribution in [0.3, 0.4) is 0 Å². The molecular weight excluding hydrogens is 310 g/mol. The van der Waals surface area contributed by atoms with Gasteiger partial charge in [0.25, 0.3) is 0 Å². The summed E-state index contributed by atoms with van der Waals surface area (Å²) in [5, 5.41) is 0. The summed E-state index contributed by atoms with van der Waals surface area (Å²) < 4.78 is 41.5. The maximum atomic E-state index is 13.2. The standard InChI is InChI=1S/C12H15BrF2O3/c1-16-4-5-18-8-17-3-2-9-6-10(14)7-11(15)12(9)13/h6-7H,2-5,8H2,1H3. The van der Waals surface area contributed by atoms with Gasteiger partial charge in [0.2, 0.25) is 0 Å². The van der Waals surface area contributed by atoms with Crippen molar-refractivity contribution in [2.75, 3.05) is 33.7 Å². The van der Waals surface area contributed by atoms with Crippen LogP contribution in [-0.2, 0) is 20.6 Å². The number of methoxy groups -OCH3 is 1. The molecule has 102 valence electrons. The van der Waals surface area contributed by atoms with Gasteiger partial charge in [-0.25, -0.2) is 8.78 Å². The molecule has 0 N–H and O–H groups in total. The average molecular weight is 325 g/mol. The lowest BCUT2D eigenvalue weighted by atomic mass is 10.1. The van der Waals surface area contributed by atoms with Crippen molar-refractivity contribution < 1.29 is 23.0 Å². The quantitative estimate of drug-likeness (QED) is 0.418. The van der Waals surface area contributed by atoms with E-state index in [0.29, 0.717) is 31.8 Å². The van der Waals surface area contributed by atoms with E-state index in [0.717, 1.165) is 6.07 Å². The van der Waals surface area contributed by atoms with E-state index in [1.54, 1.807) is 7.11 Å². The van der Waals surface area contributed by atoms with Crippen molar-refractivity contribution in [3.8, 4) is 0 Å². The molecule has 6 heteroatoms. The predicted octanol–water partition coefficient (Wildman–Crippen LogP) is 2.91. The zero-order valence-corrected chi connectivity index (χ0v) is 11.6. The summed E-state index contributed by atoms with van der Waals surface area (Å²) in [5.74, 6) is -1.21. The summed E-state index contributed by atoms with van der Waals surface area (Å²) in [6.07, 6.45) is 0.406. The Morgan fingerprint density at radius 1 is 1.11 bits per heavy atom. The highest BCUT2D eigenvalue weighted by atomic mass is 79.9. The molecule has 0 amide bonds. The number of rotatable bonds is 8. The first kappa shape index (κ1) is 15.5. The third-order valence-electron chi connectivity index (χ3n) is 2.18. The van der Waals surface area contributed by atoms with Gasteiger partial charge in [0.15, 0.2) is 0 Å². The van der Waals surface area contributed by atoms with Crippen molar-refractivity contribution in [3.05, 3.63) is 33.8 Å². The number of ether oxygens (including phenoxy) is 3. The van der Waals surface area contributed by atoms with Gasteiger partial charge in [-0.05, 0) is 34.0 Å². The van der Waals surface area contributed by atoms with Crippen molar-refractivity contribution in [2.24, 2.45) is 0 Å². The minimum absolute atomic E-state index is 0.138. The fourth-order valence-corrected chi connectivity index (χ4v) is 1.72. The van der Waals surface area contributed by atoms with Crippen molar-refractivity contribution >= 4 is 15.9 Å². The SMILES string of the molecule is COCCOCOCCc1cc(F)cc(F)c1Br. The molecule has 0 spiro atoms. The monoisotopic (exact) mass is 324 g/mol. The third-order valence-corrected chi connectivity index (χ3v) is 3.07. The maximum Gasteiger partial charge on any atom is 0.146 e. The van der Waals surface area contributed by atoms with Crippen LogP contribution in [0.4, 0.5) is 8.78 Å². The topological polar surface area (TPSA) is 27.7 Å². The molecule has 0 saturated carbocycles. The van der Waals surface area contributed by atoms with Gasteiger partial charge in [0.05, 0.1) is 24.3 Å². The fourth-order valence-electron chi connectivity index (χ4n) is 1.29. The van der Waals surface area contributed by atoms with Crippen LogP contribution in [0, 0.1) is 11.6 Å². The van der Waals surface area contributed by atoms with E-state index >= 15 is 0 Å². The molecule has 0 aliphatic heterocycles. The minimum atomic E-state index is -0.610. The molecule has 0 atom stereocenters. The summed E-state index contributed by atoms with van der Waals surface area (Å²) >= 11 is 3.07. The van der Waals surface area contributed by atoms with Crippen LogP contribution in [0.15, 0.2) is 16.6 Å². The molecular formula is C12H15BrF2O3. The van der Waals surface area contributed by atoms with Crippen LogP contribution in [0.2, 0.25) is 0 Å². The Hall–Kier alpha value is -0.560. The maximum absolute atomic E-state index is 13.2. The van der Waals surface area contributed by atoms with E-state index < -0.39 is 11.6 Å². The molecule has 1 rings (SSSR count). The Kier molecular flexibility index (Phi) is 7.34. The Morgan fingerprint density at radius 3 is 2.56 bits per heavy atom. The highest BCUT2D eigenvalue weighted by Crippen LogP contribution is 2.22. The van der Waals surface area contributed by atoms with Crippen LogP contribution < -0.4 is 0 Å². The van der Waals surface area contributed by atoms with Crippen molar-refractivity contribution in [1.82, 2.24) is 0 Å². The van der Waals surface area contributed by atoms with Gasteiger partial charge < -0.3 is 14.2 Å². The van der Waals surface area contributed by atoms with E-state index in [4.69, 9.17) is 14.2 Å². The van der Waals surface area contributed by atoms with Gasteiger partial charge in [-0.3, -0.25) is 0 Å². The molecule has 0 heterocycles. The lowest BCUT2D eigenvalue weighted by molar-refractivity contribution is -0.0647. The van der Waals surface area contributed by atoms with Gasteiger partial charge in [-0.15, -0.1) is 0 Å². The molecule has 0 aliphatic carbocycles. The van der Waals surface area contributed by atoms with Gasteiger partial charge in [-0.2, -0.15) is 0 Å². The molecule has 0 saturated heterocycles. The first-order valence-corrected chi connectivity index (χ1v) is 6.22. The van der Waals surface area contributed by atoms with Crippen LogP contribution in [0.5, 0.6) is 0 Å². The van der Waals surface area contributed by atoms with Crippen molar-refractivity contribution in [3.63, 3.8) is 0 Å². The molecule has 3 nitrogen and oxygen atoms in total. The lowest BCUT2D eigenvalue weighted by Crippen LogP contribution is -2.08. The Morgan fingerprint density at radius 2 is 1.83 bits per heavy atom. The van der Waals surface area contributed by atoms with Crippen LogP contribution in [-0.4, -0.2) is 33.7 Å². The smallest absolute Gasteiger partial charge is 0.146 e. The molecule has 0 bridgehead atoms. The second kappa shape index (κ2) is 8.53. The second-order valence-corrected chi connectivity index (χ2v) is 4.33. The number of hydrogen-bond donors (Lipinski definition) is 0. The number of hydrogen-bond acceptors (Lipinski definition) is 3. The molecule has 18 heavy (non-hydrogen) atoms. The average Bonchev–Trinajstić information content (AvgIpc) is 2.33. The molecule has 0 unspecified atom stereocenters. The zero-order valence-electron chi connectivity index (χ0n) is 10.0. The van der Waals surface area contributed by atoms with Crippen LogP contribution in [0.1, 0.15) is 5.56 Å². The molecule has 0 aromatic heterocycles. The van der Waals surface area contributed by atoms with E-state index in [1.807, 2.05) is 0 Å². The minimum Gasteiger partial charge on any atom is -0.382 e. The van der Waals surface area contributed by atoms with Gasteiger partial charge in [0, 0.05) is 13.2 Å². The highest BCUT2D eigenvalue weighted by molar-refractivity contribution is 9.10. The van der Waals surface area contributed by atoms with E-state index in [-0.39, 0.29) is 11.3 Å². The predicted molar refractivity (Wildman–Crippen MR) is 66.4 cm³/mol. The Balaban J connectivity index is 2.27. The zero-order chi connectivity index (χ0) is 13.4. The molecule has 0 aliphatic rings.